The zero-order valence-electron chi connectivity index (χ0n) is 13.8. The molecule has 3 aromatic rings. The van der Waals surface area contributed by atoms with Crippen LogP contribution in [0.2, 0.25) is 0 Å². The predicted molar refractivity (Wildman–Crippen MR) is 101 cm³/mol. The molecular weight excluding hydrogens is 334 g/mol. The van der Waals surface area contributed by atoms with E-state index >= 15 is 0 Å². The second kappa shape index (κ2) is 7.46. The summed E-state index contributed by atoms with van der Waals surface area (Å²) in [5.41, 5.74) is 7.95. The van der Waals surface area contributed by atoms with E-state index < -0.39 is 5.91 Å². The van der Waals surface area contributed by atoms with Crippen LogP contribution in [0.3, 0.4) is 0 Å². The van der Waals surface area contributed by atoms with Crippen LogP contribution in [0.4, 0.5) is 10.8 Å². The number of pyridine rings is 1. The van der Waals surface area contributed by atoms with Crippen LogP contribution >= 0.6 is 11.3 Å². The van der Waals surface area contributed by atoms with E-state index in [-0.39, 0.29) is 12.5 Å². The summed E-state index contributed by atoms with van der Waals surface area (Å²) in [6, 6.07) is 15.4. The van der Waals surface area contributed by atoms with Crippen molar-refractivity contribution in [1.82, 2.24) is 4.98 Å². The van der Waals surface area contributed by atoms with Crippen molar-refractivity contribution in [2.75, 3.05) is 11.9 Å². The molecule has 128 valence electrons. The number of primary amides is 1. The molecule has 0 saturated heterocycles. The van der Waals surface area contributed by atoms with Gasteiger partial charge in [0, 0.05) is 23.6 Å². The zero-order valence-corrected chi connectivity index (χ0v) is 14.6. The summed E-state index contributed by atoms with van der Waals surface area (Å²) in [4.78, 5) is 17.1. The zero-order chi connectivity index (χ0) is 17.8. The van der Waals surface area contributed by atoms with E-state index in [0.717, 1.165) is 16.0 Å². The van der Waals surface area contributed by atoms with Crippen molar-refractivity contribution in [1.29, 1.82) is 0 Å². The second-order valence-corrected chi connectivity index (χ2v) is 6.82. The maximum Gasteiger partial charge on any atom is 0.251 e. The first-order chi connectivity index (χ1) is 12.1. The summed E-state index contributed by atoms with van der Waals surface area (Å²) in [7, 11) is 0. The molecule has 0 aliphatic rings. The summed E-state index contributed by atoms with van der Waals surface area (Å²) >= 11 is 1.46. The van der Waals surface area contributed by atoms with Gasteiger partial charge in [-0.1, -0.05) is 43.3 Å². The van der Waals surface area contributed by atoms with E-state index in [9.17, 15) is 9.90 Å². The molecule has 1 unspecified atom stereocenters. The molecule has 1 aromatic carbocycles. The molecule has 0 fully saturated rings. The van der Waals surface area contributed by atoms with Crippen molar-refractivity contribution in [3.8, 4) is 10.4 Å². The Balaban J connectivity index is 1.89. The van der Waals surface area contributed by atoms with Crippen molar-refractivity contribution in [2.24, 2.45) is 5.73 Å². The summed E-state index contributed by atoms with van der Waals surface area (Å²) in [5.74, 6) is 0.179. The topological polar surface area (TPSA) is 88.2 Å². The van der Waals surface area contributed by atoms with Gasteiger partial charge in [0.15, 0.2) is 0 Å². The Morgan fingerprint density at radius 3 is 2.64 bits per heavy atom. The molecule has 0 aliphatic carbocycles. The molecule has 25 heavy (non-hydrogen) atoms. The first-order valence-electron chi connectivity index (χ1n) is 7.91. The Bertz CT molecular complexity index is 860. The lowest BCUT2D eigenvalue weighted by Crippen LogP contribution is -2.11. The van der Waals surface area contributed by atoms with Crippen LogP contribution in [0.25, 0.3) is 10.4 Å². The fourth-order valence-electron chi connectivity index (χ4n) is 2.40. The molecule has 0 spiro atoms. The molecule has 6 heteroatoms. The number of anilines is 2. The number of hydrogen-bond donors (Lipinski definition) is 3. The second-order valence-electron chi connectivity index (χ2n) is 5.77. The SMILES string of the molecule is CC(CO)c1ccc(Nc2sc(-c3ccccc3)cc2C(N)=O)nc1. The number of amides is 1. The van der Waals surface area contributed by atoms with Crippen LogP contribution < -0.4 is 11.1 Å². The Hall–Kier alpha value is -2.70. The monoisotopic (exact) mass is 353 g/mol. The highest BCUT2D eigenvalue weighted by atomic mass is 32.1. The first-order valence-corrected chi connectivity index (χ1v) is 8.73. The Morgan fingerprint density at radius 1 is 1.28 bits per heavy atom. The highest BCUT2D eigenvalue weighted by Gasteiger charge is 2.15. The summed E-state index contributed by atoms with van der Waals surface area (Å²) in [6.45, 7) is 2.01. The minimum atomic E-state index is -0.480. The van der Waals surface area contributed by atoms with Gasteiger partial charge in [0.2, 0.25) is 0 Å². The number of nitrogens with zero attached hydrogens (tertiary/aromatic N) is 1. The van der Waals surface area contributed by atoms with Crippen LogP contribution in [-0.4, -0.2) is 22.6 Å². The number of benzene rings is 1. The maximum atomic E-state index is 11.8. The number of aliphatic hydroxyl groups excluding tert-OH is 1. The molecular formula is C19H19N3O2S. The minimum Gasteiger partial charge on any atom is -0.396 e. The van der Waals surface area contributed by atoms with Gasteiger partial charge in [0.05, 0.1) is 5.56 Å². The average molecular weight is 353 g/mol. The number of nitrogens with two attached hydrogens (primary N) is 1. The third-order valence-electron chi connectivity index (χ3n) is 3.93. The van der Waals surface area contributed by atoms with E-state index in [2.05, 4.69) is 10.3 Å². The lowest BCUT2D eigenvalue weighted by Gasteiger charge is -2.09. The van der Waals surface area contributed by atoms with E-state index in [4.69, 9.17) is 5.73 Å². The lowest BCUT2D eigenvalue weighted by atomic mass is 10.1. The quantitative estimate of drug-likeness (QED) is 0.630. The smallest absolute Gasteiger partial charge is 0.251 e. The van der Waals surface area contributed by atoms with Gasteiger partial charge < -0.3 is 16.2 Å². The van der Waals surface area contributed by atoms with Crippen LogP contribution in [0, 0.1) is 0 Å². The molecule has 1 atom stereocenters. The number of carbonyl (C=O) groups is 1. The van der Waals surface area contributed by atoms with E-state index in [0.29, 0.717) is 16.4 Å². The highest BCUT2D eigenvalue weighted by Crippen LogP contribution is 2.36. The number of hydrogen-bond acceptors (Lipinski definition) is 5. The summed E-state index contributed by atoms with van der Waals surface area (Å²) < 4.78 is 0. The molecule has 5 nitrogen and oxygen atoms in total. The third-order valence-corrected chi connectivity index (χ3v) is 5.03. The molecule has 0 bridgehead atoms. The molecule has 1 amide bonds. The number of nitrogens with one attached hydrogen (secondary N) is 1. The first kappa shape index (κ1) is 17.1. The number of thiophene rings is 1. The minimum absolute atomic E-state index is 0.0363. The van der Waals surface area contributed by atoms with E-state index in [1.807, 2.05) is 49.4 Å². The van der Waals surface area contributed by atoms with Gasteiger partial charge in [-0.2, -0.15) is 0 Å². The van der Waals surface area contributed by atoms with Crippen molar-refractivity contribution >= 4 is 28.1 Å². The van der Waals surface area contributed by atoms with Gasteiger partial charge >= 0.3 is 0 Å². The Morgan fingerprint density at radius 2 is 2.04 bits per heavy atom. The van der Waals surface area contributed by atoms with E-state index in [1.54, 1.807) is 12.3 Å². The summed E-state index contributed by atoms with van der Waals surface area (Å²) in [5, 5.41) is 13.0. The highest BCUT2D eigenvalue weighted by molar-refractivity contribution is 7.19. The number of carbonyl (C=O) groups excluding carboxylic acids is 1. The molecule has 2 heterocycles. The summed E-state index contributed by atoms with van der Waals surface area (Å²) in [6.07, 6.45) is 1.72. The largest absolute Gasteiger partial charge is 0.396 e. The fraction of sp³-hybridized carbons (Fsp3) is 0.158. The maximum absolute atomic E-state index is 11.8. The van der Waals surface area contributed by atoms with Gasteiger partial charge in [-0.05, 0) is 23.3 Å². The van der Waals surface area contributed by atoms with Crippen LogP contribution in [0.1, 0.15) is 28.8 Å². The van der Waals surface area contributed by atoms with Gasteiger partial charge in [0.25, 0.3) is 5.91 Å². The van der Waals surface area contributed by atoms with Crippen molar-refractivity contribution in [3.05, 3.63) is 65.9 Å². The molecule has 4 N–H and O–H groups in total. The Kier molecular flexibility index (Phi) is 5.11. The molecule has 3 rings (SSSR count). The van der Waals surface area contributed by atoms with Crippen molar-refractivity contribution in [3.63, 3.8) is 0 Å². The van der Waals surface area contributed by atoms with Gasteiger partial charge in [-0.15, -0.1) is 11.3 Å². The van der Waals surface area contributed by atoms with Gasteiger partial charge in [-0.3, -0.25) is 4.79 Å². The number of aromatic nitrogens is 1. The van der Waals surface area contributed by atoms with Gasteiger partial charge in [0.1, 0.15) is 10.8 Å². The van der Waals surface area contributed by atoms with Gasteiger partial charge in [-0.25, -0.2) is 4.98 Å². The number of rotatable bonds is 6. The third kappa shape index (κ3) is 3.87. The predicted octanol–water partition coefficient (Wildman–Crippen LogP) is 3.75. The fourth-order valence-corrected chi connectivity index (χ4v) is 3.48. The lowest BCUT2D eigenvalue weighted by molar-refractivity contribution is 0.100. The number of aliphatic hydroxyl groups is 1. The average Bonchev–Trinajstić information content (AvgIpc) is 3.06. The van der Waals surface area contributed by atoms with Crippen LogP contribution in [0.15, 0.2) is 54.7 Å². The molecule has 2 aromatic heterocycles. The normalized spacial score (nSPS) is 11.9. The standard InChI is InChI=1S/C19H19N3O2S/c1-12(11-23)14-7-8-17(21-10-14)22-19-15(18(20)24)9-16(25-19)13-5-3-2-4-6-13/h2-10,12,23H,11H2,1H3,(H2,20,24)(H,21,22). The van der Waals surface area contributed by atoms with Crippen molar-refractivity contribution < 1.29 is 9.90 Å². The Labute approximate surface area is 150 Å². The van der Waals surface area contributed by atoms with Crippen LogP contribution in [-0.2, 0) is 0 Å². The van der Waals surface area contributed by atoms with E-state index in [1.165, 1.54) is 11.3 Å². The van der Waals surface area contributed by atoms with Crippen LogP contribution in [0.5, 0.6) is 0 Å². The molecule has 0 aliphatic heterocycles. The molecule has 0 radical (unpaired) electrons. The van der Waals surface area contributed by atoms with Crippen molar-refractivity contribution in [2.45, 2.75) is 12.8 Å². The molecule has 0 saturated carbocycles.